The van der Waals surface area contributed by atoms with E-state index < -0.39 is 5.97 Å². The van der Waals surface area contributed by atoms with Gasteiger partial charge in [0.25, 0.3) is 0 Å². The van der Waals surface area contributed by atoms with Gasteiger partial charge in [-0.05, 0) is 39.6 Å². The van der Waals surface area contributed by atoms with Crippen LogP contribution in [0.25, 0.3) is 21.5 Å². The van der Waals surface area contributed by atoms with Crippen molar-refractivity contribution in [2.45, 2.75) is 19.8 Å². The average Bonchev–Trinajstić information content (AvgIpc) is 2.76. The normalized spacial score (nSPS) is 10.9. The van der Waals surface area contributed by atoms with E-state index in [1.807, 2.05) is 60.7 Å². The van der Waals surface area contributed by atoms with Crippen molar-refractivity contribution < 1.29 is 14.3 Å². The molecule has 3 nitrogen and oxygen atoms in total. The molecule has 4 rings (SSSR count). The molecular formula is C26H22O3. The van der Waals surface area contributed by atoms with E-state index in [4.69, 9.17) is 4.74 Å². The first-order valence-electron chi connectivity index (χ1n) is 9.87. The molecule has 0 amide bonds. The van der Waals surface area contributed by atoms with Gasteiger partial charge in [0.05, 0.1) is 5.56 Å². The summed E-state index contributed by atoms with van der Waals surface area (Å²) < 4.78 is 5.45. The molecule has 29 heavy (non-hydrogen) atoms. The third-order valence-electron chi connectivity index (χ3n) is 5.12. The summed E-state index contributed by atoms with van der Waals surface area (Å²) in [5.74, 6) is -0.681. The molecule has 0 unspecified atom stereocenters. The number of carbonyl (C=O) groups excluding carboxylic acids is 2. The molecule has 0 atom stereocenters. The van der Waals surface area contributed by atoms with Crippen LogP contribution in [0.15, 0.2) is 78.9 Å². The molecule has 4 aromatic rings. The van der Waals surface area contributed by atoms with Crippen LogP contribution in [-0.2, 0) is 11.2 Å². The fourth-order valence-corrected chi connectivity index (χ4v) is 3.67. The molecule has 0 heterocycles. The van der Waals surface area contributed by atoms with Crippen LogP contribution < -0.4 is 0 Å². The predicted octanol–water partition coefficient (Wildman–Crippen LogP) is 5.99. The summed E-state index contributed by atoms with van der Waals surface area (Å²) in [5.41, 5.74) is 2.26. The lowest BCUT2D eigenvalue weighted by atomic mass is 9.97. The highest BCUT2D eigenvalue weighted by molar-refractivity contribution is 6.17. The van der Waals surface area contributed by atoms with Crippen molar-refractivity contribution in [1.29, 1.82) is 0 Å². The van der Waals surface area contributed by atoms with Gasteiger partial charge in [0.1, 0.15) is 0 Å². The Bertz CT molecular complexity index is 1140. The van der Waals surface area contributed by atoms with Crippen LogP contribution in [0.1, 0.15) is 39.6 Å². The van der Waals surface area contributed by atoms with Crippen LogP contribution in [0, 0.1) is 0 Å². The van der Waals surface area contributed by atoms with E-state index in [1.54, 1.807) is 12.1 Å². The molecule has 0 saturated carbocycles. The Kier molecular flexibility index (Phi) is 5.39. The third kappa shape index (κ3) is 3.90. The Labute approximate surface area is 169 Å². The fourth-order valence-electron chi connectivity index (χ4n) is 3.67. The maximum atomic E-state index is 13.0. The molecule has 0 spiro atoms. The van der Waals surface area contributed by atoms with Crippen LogP contribution in [0.2, 0.25) is 0 Å². The maximum Gasteiger partial charge on any atom is 0.339 e. The summed E-state index contributed by atoms with van der Waals surface area (Å²) in [6.07, 6.45) is 2.04. The number of esters is 1. The second-order valence-electron chi connectivity index (χ2n) is 7.14. The minimum absolute atomic E-state index is 0.203. The van der Waals surface area contributed by atoms with E-state index in [0.29, 0.717) is 11.1 Å². The third-order valence-corrected chi connectivity index (χ3v) is 5.12. The van der Waals surface area contributed by atoms with Crippen LogP contribution in [-0.4, -0.2) is 18.4 Å². The molecule has 0 radical (unpaired) electrons. The number of ketones is 1. The standard InChI is InChI=1S/C26H22O3/c1-2-7-18-12-14-19(15-13-18)24(27)17-29-26(28)25-22-10-5-3-8-20(22)16-21-9-4-6-11-23(21)25/h3-6,8-16H,2,7,17H2,1H3. The summed E-state index contributed by atoms with van der Waals surface area (Å²) in [5, 5.41) is 3.59. The highest BCUT2D eigenvalue weighted by atomic mass is 16.5. The molecule has 0 aromatic heterocycles. The number of hydrogen-bond donors (Lipinski definition) is 0. The van der Waals surface area contributed by atoms with Gasteiger partial charge < -0.3 is 4.74 Å². The second kappa shape index (κ2) is 8.27. The summed E-state index contributed by atoms with van der Waals surface area (Å²) in [6, 6.07) is 25.0. The number of aryl methyl sites for hydroxylation is 1. The van der Waals surface area contributed by atoms with E-state index in [0.717, 1.165) is 34.4 Å². The maximum absolute atomic E-state index is 13.0. The largest absolute Gasteiger partial charge is 0.454 e. The number of Topliss-reactive ketones (excluding diaryl/α,β-unsaturated/α-hetero) is 1. The number of fused-ring (bicyclic) bond motifs is 2. The molecule has 0 fully saturated rings. The average molecular weight is 382 g/mol. The number of benzene rings is 4. The van der Waals surface area contributed by atoms with Gasteiger partial charge in [-0.2, -0.15) is 0 Å². The molecule has 0 saturated heterocycles. The quantitative estimate of drug-likeness (QED) is 0.234. The first-order valence-corrected chi connectivity index (χ1v) is 9.87. The summed E-state index contributed by atoms with van der Waals surface area (Å²) >= 11 is 0. The van der Waals surface area contributed by atoms with Crippen molar-refractivity contribution in [2.75, 3.05) is 6.61 Å². The Morgan fingerprint density at radius 2 is 1.38 bits per heavy atom. The van der Waals surface area contributed by atoms with Crippen molar-refractivity contribution >= 4 is 33.3 Å². The Morgan fingerprint density at radius 1 is 0.793 bits per heavy atom. The lowest BCUT2D eigenvalue weighted by molar-refractivity contribution is 0.0478. The molecule has 0 N–H and O–H groups in total. The van der Waals surface area contributed by atoms with Crippen molar-refractivity contribution in [2.24, 2.45) is 0 Å². The first-order chi connectivity index (χ1) is 14.2. The zero-order valence-electron chi connectivity index (χ0n) is 16.4. The van der Waals surface area contributed by atoms with Gasteiger partial charge in [-0.25, -0.2) is 4.79 Å². The van der Waals surface area contributed by atoms with Gasteiger partial charge in [0.15, 0.2) is 12.4 Å². The second-order valence-corrected chi connectivity index (χ2v) is 7.14. The molecule has 4 aromatic carbocycles. The van der Waals surface area contributed by atoms with Crippen LogP contribution in [0.3, 0.4) is 0 Å². The smallest absolute Gasteiger partial charge is 0.339 e. The highest BCUT2D eigenvalue weighted by Gasteiger charge is 2.18. The number of rotatable bonds is 6. The zero-order chi connectivity index (χ0) is 20.2. The summed E-state index contributed by atoms with van der Waals surface area (Å²) in [6.45, 7) is 1.85. The molecule has 0 aliphatic rings. The monoisotopic (exact) mass is 382 g/mol. The number of carbonyl (C=O) groups is 2. The van der Waals surface area contributed by atoms with Crippen molar-refractivity contribution in [3.63, 3.8) is 0 Å². The molecule has 144 valence electrons. The van der Waals surface area contributed by atoms with E-state index in [9.17, 15) is 9.59 Å². The van der Waals surface area contributed by atoms with E-state index in [1.165, 1.54) is 5.56 Å². The van der Waals surface area contributed by atoms with Crippen molar-refractivity contribution in [3.8, 4) is 0 Å². The molecule has 0 bridgehead atoms. The van der Waals surface area contributed by atoms with Crippen LogP contribution in [0.4, 0.5) is 0 Å². The van der Waals surface area contributed by atoms with Crippen molar-refractivity contribution in [1.82, 2.24) is 0 Å². The highest BCUT2D eigenvalue weighted by Crippen LogP contribution is 2.29. The van der Waals surface area contributed by atoms with Crippen LogP contribution >= 0.6 is 0 Å². The molecular weight excluding hydrogens is 360 g/mol. The predicted molar refractivity (Wildman–Crippen MR) is 117 cm³/mol. The molecule has 0 aliphatic carbocycles. The number of ether oxygens (including phenoxy) is 1. The Hall–Kier alpha value is -3.46. The van der Waals surface area contributed by atoms with Crippen LogP contribution in [0.5, 0.6) is 0 Å². The van der Waals surface area contributed by atoms with Crippen molar-refractivity contribution in [3.05, 3.63) is 95.6 Å². The summed E-state index contributed by atoms with van der Waals surface area (Å²) in [4.78, 5) is 25.5. The first kappa shape index (κ1) is 18.9. The van der Waals surface area contributed by atoms with E-state index in [-0.39, 0.29) is 12.4 Å². The van der Waals surface area contributed by atoms with E-state index >= 15 is 0 Å². The molecule has 3 heteroatoms. The number of hydrogen-bond acceptors (Lipinski definition) is 3. The minimum Gasteiger partial charge on any atom is -0.454 e. The van der Waals surface area contributed by atoms with Gasteiger partial charge in [-0.15, -0.1) is 0 Å². The minimum atomic E-state index is -0.478. The van der Waals surface area contributed by atoms with Gasteiger partial charge in [-0.3, -0.25) is 4.79 Å². The zero-order valence-corrected chi connectivity index (χ0v) is 16.4. The van der Waals surface area contributed by atoms with Gasteiger partial charge in [0.2, 0.25) is 0 Å². The van der Waals surface area contributed by atoms with Gasteiger partial charge in [-0.1, -0.05) is 86.1 Å². The van der Waals surface area contributed by atoms with E-state index in [2.05, 4.69) is 13.0 Å². The Morgan fingerprint density at radius 3 is 1.97 bits per heavy atom. The lowest BCUT2D eigenvalue weighted by Crippen LogP contribution is -2.15. The SMILES string of the molecule is CCCc1ccc(C(=O)COC(=O)c2c3ccccc3cc3ccccc23)cc1. The molecule has 0 aliphatic heterocycles. The topological polar surface area (TPSA) is 43.4 Å². The van der Waals surface area contributed by atoms with Gasteiger partial charge in [0, 0.05) is 5.56 Å². The van der Waals surface area contributed by atoms with Gasteiger partial charge >= 0.3 is 5.97 Å². The fraction of sp³-hybridized carbons (Fsp3) is 0.154. The Balaban J connectivity index is 1.59. The lowest BCUT2D eigenvalue weighted by Gasteiger charge is -2.11. The summed E-state index contributed by atoms with van der Waals surface area (Å²) in [7, 11) is 0.